The van der Waals surface area contributed by atoms with Gasteiger partial charge in [0, 0.05) is 12.3 Å². The van der Waals surface area contributed by atoms with Gasteiger partial charge in [0.25, 0.3) is 5.88 Å². The Kier molecular flexibility index (Phi) is 7.00. The van der Waals surface area contributed by atoms with Gasteiger partial charge < -0.3 is 20.3 Å². The number of aromatic hydroxyl groups is 1. The number of carbonyl (C=O) groups is 2. The molecule has 4 N–H and O–H groups in total. The van der Waals surface area contributed by atoms with Crippen molar-refractivity contribution in [3.63, 3.8) is 0 Å². The summed E-state index contributed by atoms with van der Waals surface area (Å²) in [6.45, 7) is 1.90. The van der Waals surface area contributed by atoms with E-state index in [0.717, 1.165) is 6.42 Å². The number of amides is 2. The standard InChI is InChI=1S/C17H25N3O5/c1-11(18)15(22)20-17(23)25-16-14(21)13(7-9-19-16)24-10-8-12-5-3-2-4-6-12/h7,9,11-12,21H,2-6,8,10,18H2,1H3,(H,20,22,23)/t11-/m0/s1. The molecule has 1 heterocycles. The van der Waals surface area contributed by atoms with E-state index >= 15 is 0 Å². The Labute approximate surface area is 146 Å². The van der Waals surface area contributed by atoms with Crippen LogP contribution in [0.3, 0.4) is 0 Å². The number of nitrogens with one attached hydrogen (secondary N) is 1. The molecule has 1 aliphatic rings. The molecule has 0 spiro atoms. The van der Waals surface area contributed by atoms with E-state index in [0.29, 0.717) is 12.5 Å². The zero-order valence-electron chi connectivity index (χ0n) is 14.4. The maximum Gasteiger partial charge on any atom is 0.420 e. The van der Waals surface area contributed by atoms with E-state index in [9.17, 15) is 14.7 Å². The predicted molar refractivity (Wildman–Crippen MR) is 90.4 cm³/mol. The van der Waals surface area contributed by atoms with Crippen molar-refractivity contribution in [3.8, 4) is 17.4 Å². The molecule has 0 radical (unpaired) electrons. The van der Waals surface area contributed by atoms with Gasteiger partial charge in [-0.05, 0) is 19.3 Å². The first-order valence-corrected chi connectivity index (χ1v) is 8.56. The van der Waals surface area contributed by atoms with Gasteiger partial charge in [-0.1, -0.05) is 32.1 Å². The Bertz CT molecular complexity index is 600. The van der Waals surface area contributed by atoms with E-state index in [4.69, 9.17) is 15.2 Å². The fraction of sp³-hybridized carbons (Fsp3) is 0.588. The minimum absolute atomic E-state index is 0.187. The third-order valence-electron chi connectivity index (χ3n) is 4.19. The zero-order chi connectivity index (χ0) is 18.2. The second-order valence-electron chi connectivity index (χ2n) is 6.27. The van der Waals surface area contributed by atoms with Gasteiger partial charge in [0.2, 0.25) is 11.7 Å². The Morgan fingerprint density at radius 3 is 2.80 bits per heavy atom. The lowest BCUT2D eigenvalue weighted by atomic mass is 9.87. The highest BCUT2D eigenvalue weighted by atomic mass is 16.6. The molecule has 138 valence electrons. The molecule has 1 fully saturated rings. The number of nitrogens with two attached hydrogens (primary N) is 1. The quantitative estimate of drug-likeness (QED) is 0.717. The van der Waals surface area contributed by atoms with Gasteiger partial charge in [0.1, 0.15) is 0 Å². The lowest BCUT2D eigenvalue weighted by Gasteiger charge is -2.21. The van der Waals surface area contributed by atoms with Gasteiger partial charge in [0.15, 0.2) is 5.75 Å². The molecule has 1 aromatic heterocycles. The summed E-state index contributed by atoms with van der Waals surface area (Å²) in [4.78, 5) is 26.7. The summed E-state index contributed by atoms with van der Waals surface area (Å²) in [7, 11) is 0. The average Bonchev–Trinajstić information content (AvgIpc) is 2.59. The van der Waals surface area contributed by atoms with Crippen LogP contribution in [-0.2, 0) is 4.79 Å². The largest absolute Gasteiger partial charge is 0.501 e. The maximum absolute atomic E-state index is 11.6. The summed E-state index contributed by atoms with van der Waals surface area (Å²) in [6, 6.07) is 0.636. The van der Waals surface area contributed by atoms with Gasteiger partial charge >= 0.3 is 6.09 Å². The molecular weight excluding hydrogens is 326 g/mol. The third kappa shape index (κ3) is 5.90. The number of pyridine rings is 1. The second kappa shape index (κ2) is 9.22. The van der Waals surface area contributed by atoms with E-state index in [1.807, 2.05) is 5.32 Å². The molecular formula is C17H25N3O5. The van der Waals surface area contributed by atoms with Gasteiger partial charge in [0.05, 0.1) is 12.6 Å². The molecule has 1 aliphatic carbocycles. The lowest BCUT2D eigenvalue weighted by molar-refractivity contribution is -0.121. The first-order valence-electron chi connectivity index (χ1n) is 8.56. The summed E-state index contributed by atoms with van der Waals surface area (Å²) in [5.74, 6) is -0.556. The van der Waals surface area contributed by atoms with Crippen molar-refractivity contribution >= 4 is 12.0 Å². The van der Waals surface area contributed by atoms with Gasteiger partial charge in [-0.25, -0.2) is 9.78 Å². The fourth-order valence-corrected chi connectivity index (χ4v) is 2.75. The van der Waals surface area contributed by atoms with Crippen molar-refractivity contribution in [2.75, 3.05) is 6.61 Å². The second-order valence-corrected chi connectivity index (χ2v) is 6.27. The lowest BCUT2D eigenvalue weighted by Crippen LogP contribution is -2.42. The molecule has 8 nitrogen and oxygen atoms in total. The Morgan fingerprint density at radius 2 is 2.12 bits per heavy atom. The van der Waals surface area contributed by atoms with E-state index < -0.39 is 18.0 Å². The molecule has 0 bridgehead atoms. The number of imide groups is 1. The van der Waals surface area contributed by atoms with Crippen LogP contribution in [0.5, 0.6) is 17.4 Å². The van der Waals surface area contributed by atoms with Crippen molar-refractivity contribution in [3.05, 3.63) is 12.3 Å². The summed E-state index contributed by atoms with van der Waals surface area (Å²) < 4.78 is 10.4. The maximum atomic E-state index is 11.6. The number of rotatable bonds is 6. The van der Waals surface area contributed by atoms with Crippen LogP contribution in [0.15, 0.2) is 12.3 Å². The summed E-state index contributed by atoms with van der Waals surface area (Å²) in [5, 5.41) is 12.1. The number of aromatic nitrogens is 1. The minimum atomic E-state index is -1.07. The van der Waals surface area contributed by atoms with Crippen LogP contribution < -0.4 is 20.5 Å². The summed E-state index contributed by atoms with van der Waals surface area (Å²) in [6.07, 6.45) is 7.46. The third-order valence-corrected chi connectivity index (χ3v) is 4.19. The average molecular weight is 351 g/mol. The molecule has 2 rings (SSSR count). The van der Waals surface area contributed by atoms with Gasteiger partial charge in [-0.3, -0.25) is 10.1 Å². The van der Waals surface area contributed by atoms with E-state index in [-0.39, 0.29) is 17.4 Å². The van der Waals surface area contributed by atoms with E-state index in [1.54, 1.807) is 0 Å². The van der Waals surface area contributed by atoms with Crippen molar-refractivity contribution in [1.82, 2.24) is 10.3 Å². The Balaban J connectivity index is 1.87. The van der Waals surface area contributed by atoms with Crippen LogP contribution in [0.25, 0.3) is 0 Å². The van der Waals surface area contributed by atoms with Gasteiger partial charge in [-0.15, -0.1) is 0 Å². The number of nitrogens with zero attached hydrogens (tertiary/aromatic N) is 1. The molecule has 1 aromatic rings. The minimum Gasteiger partial charge on any atom is -0.501 e. The SMILES string of the molecule is C[C@H](N)C(=O)NC(=O)Oc1nccc(OCCC2CCCCC2)c1O. The molecule has 1 atom stereocenters. The van der Waals surface area contributed by atoms with Crippen molar-refractivity contribution in [2.24, 2.45) is 11.7 Å². The molecule has 8 heteroatoms. The van der Waals surface area contributed by atoms with Gasteiger partial charge in [-0.2, -0.15) is 0 Å². The van der Waals surface area contributed by atoms with Crippen molar-refractivity contribution in [1.29, 1.82) is 0 Å². The summed E-state index contributed by atoms with van der Waals surface area (Å²) >= 11 is 0. The van der Waals surface area contributed by atoms with Crippen molar-refractivity contribution < 1.29 is 24.2 Å². The predicted octanol–water partition coefficient (Wildman–Crippen LogP) is 2.10. The molecule has 25 heavy (non-hydrogen) atoms. The van der Waals surface area contributed by atoms with Crippen LogP contribution in [0.2, 0.25) is 0 Å². The summed E-state index contributed by atoms with van der Waals surface area (Å²) in [5.41, 5.74) is 5.34. The Morgan fingerprint density at radius 1 is 1.40 bits per heavy atom. The number of ether oxygens (including phenoxy) is 2. The molecule has 0 aliphatic heterocycles. The topological polar surface area (TPSA) is 124 Å². The fourth-order valence-electron chi connectivity index (χ4n) is 2.75. The monoisotopic (exact) mass is 351 g/mol. The number of carbonyl (C=O) groups excluding carboxylic acids is 2. The van der Waals surface area contributed by atoms with Crippen LogP contribution >= 0.6 is 0 Å². The number of hydrogen-bond donors (Lipinski definition) is 3. The molecule has 1 saturated carbocycles. The van der Waals surface area contributed by atoms with Crippen molar-refractivity contribution in [2.45, 2.75) is 51.5 Å². The van der Waals surface area contributed by atoms with E-state index in [1.165, 1.54) is 51.3 Å². The highest BCUT2D eigenvalue weighted by Gasteiger charge is 2.19. The van der Waals surface area contributed by atoms with Crippen LogP contribution in [0.4, 0.5) is 4.79 Å². The number of hydrogen-bond acceptors (Lipinski definition) is 7. The Hall–Kier alpha value is -2.35. The molecule has 0 saturated heterocycles. The highest BCUT2D eigenvalue weighted by molar-refractivity contribution is 5.95. The molecule has 0 aromatic carbocycles. The van der Waals surface area contributed by atoms with E-state index in [2.05, 4.69) is 4.98 Å². The zero-order valence-corrected chi connectivity index (χ0v) is 14.4. The highest BCUT2D eigenvalue weighted by Crippen LogP contribution is 2.34. The van der Waals surface area contributed by atoms with Crippen LogP contribution in [-0.4, -0.2) is 34.7 Å². The molecule has 2 amide bonds. The smallest absolute Gasteiger partial charge is 0.420 e. The first kappa shape index (κ1) is 19.0. The first-order chi connectivity index (χ1) is 12.0. The van der Waals surface area contributed by atoms with Crippen LogP contribution in [0.1, 0.15) is 45.4 Å². The molecule has 0 unspecified atom stereocenters. The van der Waals surface area contributed by atoms with Crippen LogP contribution in [0, 0.1) is 5.92 Å². The normalized spacial score (nSPS) is 16.1.